The van der Waals surface area contributed by atoms with E-state index >= 15 is 0 Å². The zero-order valence-corrected chi connectivity index (χ0v) is 16.6. The molecule has 0 bridgehead atoms. The van der Waals surface area contributed by atoms with Gasteiger partial charge in [-0.3, -0.25) is 9.59 Å². The first kappa shape index (κ1) is 19.3. The summed E-state index contributed by atoms with van der Waals surface area (Å²) >= 11 is 6.86. The van der Waals surface area contributed by atoms with Crippen molar-refractivity contribution in [2.75, 3.05) is 12.0 Å². The molecule has 5 nitrogen and oxygen atoms in total. The number of thioether (sulfide) groups is 1. The Morgan fingerprint density at radius 2 is 1.89 bits per heavy atom. The number of benzene rings is 2. The van der Waals surface area contributed by atoms with Crippen LogP contribution in [0.25, 0.3) is 6.08 Å². The van der Waals surface area contributed by atoms with Crippen LogP contribution in [0, 0.1) is 0 Å². The highest BCUT2D eigenvalue weighted by molar-refractivity contribution is 8.19. The minimum absolute atomic E-state index is 0.0741. The van der Waals surface area contributed by atoms with Crippen molar-refractivity contribution in [1.29, 1.82) is 0 Å². The quantitative estimate of drug-likeness (QED) is 0.627. The van der Waals surface area contributed by atoms with Crippen molar-refractivity contribution in [2.45, 2.75) is 20.0 Å². The predicted octanol–water partition coefficient (Wildman–Crippen LogP) is 5.38. The summed E-state index contributed by atoms with van der Waals surface area (Å²) in [4.78, 5) is 26.7. The Morgan fingerprint density at radius 3 is 2.56 bits per heavy atom. The topological polar surface area (TPSA) is 55.8 Å². The van der Waals surface area contributed by atoms with Crippen molar-refractivity contribution in [3.8, 4) is 11.5 Å². The van der Waals surface area contributed by atoms with Crippen LogP contribution in [0.1, 0.15) is 19.4 Å². The van der Waals surface area contributed by atoms with Crippen LogP contribution in [-0.2, 0) is 4.79 Å². The zero-order chi connectivity index (χ0) is 19.6. The third-order valence-electron chi connectivity index (χ3n) is 3.73. The monoisotopic (exact) mass is 403 g/mol. The minimum Gasteiger partial charge on any atom is -0.493 e. The molecule has 1 heterocycles. The van der Waals surface area contributed by atoms with Gasteiger partial charge in [0.05, 0.1) is 23.8 Å². The molecule has 0 atom stereocenters. The lowest BCUT2D eigenvalue weighted by atomic mass is 10.1. The number of anilines is 1. The molecule has 0 aromatic heterocycles. The van der Waals surface area contributed by atoms with Gasteiger partial charge in [0, 0.05) is 10.6 Å². The summed E-state index contributed by atoms with van der Waals surface area (Å²) < 4.78 is 11.2. The summed E-state index contributed by atoms with van der Waals surface area (Å²) in [5, 5.41) is 0.0821. The van der Waals surface area contributed by atoms with E-state index in [9.17, 15) is 9.59 Å². The first-order valence-electron chi connectivity index (χ1n) is 8.28. The maximum absolute atomic E-state index is 12.8. The Labute approximate surface area is 166 Å². The van der Waals surface area contributed by atoms with Crippen LogP contribution in [0.5, 0.6) is 11.5 Å². The zero-order valence-electron chi connectivity index (χ0n) is 15.1. The SMILES string of the molecule is COc1cccc(/C=C2/SC(=O)N(c3cccc(Cl)c3)C2=O)c1OC(C)C. The molecule has 2 aromatic carbocycles. The molecule has 27 heavy (non-hydrogen) atoms. The van der Waals surface area contributed by atoms with Crippen molar-refractivity contribution in [3.63, 3.8) is 0 Å². The first-order chi connectivity index (χ1) is 12.9. The maximum Gasteiger partial charge on any atom is 0.298 e. The largest absolute Gasteiger partial charge is 0.493 e. The standard InChI is InChI=1S/C20H18ClNO4S/c1-12(2)26-18-13(6-4-9-16(18)25-3)10-17-19(23)22(20(24)27-17)15-8-5-7-14(21)11-15/h4-12H,1-3H3/b17-10+. The Bertz CT molecular complexity index is 926. The Kier molecular flexibility index (Phi) is 5.77. The van der Waals surface area contributed by atoms with Crippen LogP contribution in [0.15, 0.2) is 47.4 Å². The number of para-hydroxylation sites is 1. The van der Waals surface area contributed by atoms with E-state index in [1.807, 2.05) is 19.9 Å². The third kappa shape index (κ3) is 4.12. The first-order valence-corrected chi connectivity index (χ1v) is 9.47. The predicted molar refractivity (Wildman–Crippen MR) is 109 cm³/mol. The van der Waals surface area contributed by atoms with E-state index < -0.39 is 5.91 Å². The number of nitrogens with zero attached hydrogens (tertiary/aromatic N) is 1. The van der Waals surface area contributed by atoms with Crippen molar-refractivity contribution >= 4 is 46.3 Å². The molecule has 0 unspecified atom stereocenters. The number of carbonyl (C=O) groups is 2. The summed E-state index contributed by atoms with van der Waals surface area (Å²) in [6, 6.07) is 12.0. The number of carbonyl (C=O) groups excluding carboxylic acids is 2. The van der Waals surface area contributed by atoms with Crippen LogP contribution < -0.4 is 14.4 Å². The van der Waals surface area contributed by atoms with E-state index in [0.717, 1.165) is 16.7 Å². The molecule has 0 N–H and O–H groups in total. The van der Waals surface area contributed by atoms with Gasteiger partial charge in [0.1, 0.15) is 0 Å². The number of rotatable bonds is 5. The van der Waals surface area contributed by atoms with Crippen LogP contribution in [0.2, 0.25) is 5.02 Å². The van der Waals surface area contributed by atoms with Gasteiger partial charge in [-0.2, -0.15) is 0 Å². The average Bonchev–Trinajstić information content (AvgIpc) is 2.89. The minimum atomic E-state index is -0.398. The highest BCUT2D eigenvalue weighted by Crippen LogP contribution is 2.39. The van der Waals surface area contributed by atoms with E-state index in [0.29, 0.717) is 32.7 Å². The van der Waals surface area contributed by atoms with Gasteiger partial charge in [0.25, 0.3) is 11.1 Å². The van der Waals surface area contributed by atoms with Crippen LogP contribution in [0.3, 0.4) is 0 Å². The number of ether oxygens (including phenoxy) is 2. The molecule has 1 fully saturated rings. The fourth-order valence-corrected chi connectivity index (χ4v) is 3.63. The highest BCUT2D eigenvalue weighted by Gasteiger charge is 2.36. The van der Waals surface area contributed by atoms with Crippen LogP contribution in [0.4, 0.5) is 10.5 Å². The van der Waals surface area contributed by atoms with Gasteiger partial charge in [0.15, 0.2) is 11.5 Å². The summed E-state index contributed by atoms with van der Waals surface area (Å²) in [5.41, 5.74) is 1.11. The Morgan fingerprint density at radius 1 is 1.15 bits per heavy atom. The fourth-order valence-electron chi connectivity index (χ4n) is 2.62. The highest BCUT2D eigenvalue weighted by atomic mass is 35.5. The number of amides is 2. The molecule has 3 rings (SSSR count). The lowest BCUT2D eigenvalue weighted by molar-refractivity contribution is -0.113. The summed E-state index contributed by atoms with van der Waals surface area (Å²) in [7, 11) is 1.55. The van der Waals surface area contributed by atoms with E-state index in [4.69, 9.17) is 21.1 Å². The van der Waals surface area contributed by atoms with E-state index in [2.05, 4.69) is 0 Å². The van der Waals surface area contributed by atoms with E-state index in [1.165, 1.54) is 0 Å². The van der Waals surface area contributed by atoms with Crippen molar-refractivity contribution < 1.29 is 19.1 Å². The molecule has 1 aliphatic heterocycles. The molecule has 2 amide bonds. The molecule has 1 saturated heterocycles. The fraction of sp³-hybridized carbons (Fsp3) is 0.200. The second-order valence-electron chi connectivity index (χ2n) is 6.04. The molecule has 0 aliphatic carbocycles. The molecule has 2 aromatic rings. The van der Waals surface area contributed by atoms with Gasteiger partial charge in [-0.1, -0.05) is 29.8 Å². The summed E-state index contributed by atoms with van der Waals surface area (Å²) in [6.07, 6.45) is 1.57. The smallest absolute Gasteiger partial charge is 0.298 e. The number of hydrogen-bond acceptors (Lipinski definition) is 5. The summed E-state index contributed by atoms with van der Waals surface area (Å²) in [6.45, 7) is 3.81. The van der Waals surface area contributed by atoms with Gasteiger partial charge in [-0.15, -0.1) is 0 Å². The summed E-state index contributed by atoms with van der Waals surface area (Å²) in [5.74, 6) is 0.696. The van der Waals surface area contributed by atoms with Gasteiger partial charge in [-0.25, -0.2) is 4.90 Å². The number of methoxy groups -OCH3 is 1. The van der Waals surface area contributed by atoms with E-state index in [-0.39, 0.29) is 11.3 Å². The van der Waals surface area contributed by atoms with Crippen molar-refractivity contribution in [3.05, 3.63) is 58.0 Å². The molecular weight excluding hydrogens is 386 g/mol. The second kappa shape index (κ2) is 8.06. The van der Waals surface area contributed by atoms with Gasteiger partial charge < -0.3 is 9.47 Å². The molecule has 0 radical (unpaired) electrons. The van der Waals surface area contributed by atoms with Crippen LogP contribution in [-0.4, -0.2) is 24.4 Å². The van der Waals surface area contributed by atoms with E-state index in [1.54, 1.807) is 49.6 Å². The molecule has 1 aliphatic rings. The Hall–Kier alpha value is -2.44. The number of halogens is 1. The normalized spacial score (nSPS) is 15.7. The lowest BCUT2D eigenvalue weighted by Crippen LogP contribution is -2.27. The molecule has 7 heteroatoms. The van der Waals surface area contributed by atoms with Gasteiger partial charge in [0.2, 0.25) is 0 Å². The van der Waals surface area contributed by atoms with Gasteiger partial charge >= 0.3 is 0 Å². The van der Waals surface area contributed by atoms with Crippen LogP contribution >= 0.6 is 23.4 Å². The van der Waals surface area contributed by atoms with Crippen molar-refractivity contribution in [1.82, 2.24) is 0 Å². The second-order valence-corrected chi connectivity index (χ2v) is 7.47. The molecule has 0 saturated carbocycles. The maximum atomic E-state index is 12.8. The number of imide groups is 1. The lowest BCUT2D eigenvalue weighted by Gasteiger charge is -2.16. The average molecular weight is 404 g/mol. The molecule has 140 valence electrons. The number of hydrogen-bond donors (Lipinski definition) is 0. The third-order valence-corrected chi connectivity index (χ3v) is 4.83. The molecule has 0 spiro atoms. The van der Waals surface area contributed by atoms with Gasteiger partial charge in [-0.05, 0) is 56.0 Å². The Balaban J connectivity index is 1.99. The van der Waals surface area contributed by atoms with Crippen molar-refractivity contribution in [2.24, 2.45) is 0 Å². The molecular formula is C20H18ClNO4S.